The van der Waals surface area contributed by atoms with E-state index in [-0.39, 0.29) is 29.1 Å². The van der Waals surface area contributed by atoms with Crippen molar-refractivity contribution in [2.75, 3.05) is 12.3 Å². The van der Waals surface area contributed by atoms with Crippen LogP contribution in [0.25, 0.3) is 0 Å². The van der Waals surface area contributed by atoms with Gasteiger partial charge in [0.1, 0.15) is 4.62 Å². The highest BCUT2D eigenvalue weighted by Crippen LogP contribution is 2.32. The van der Waals surface area contributed by atoms with E-state index in [1.165, 1.54) is 0 Å². The molecule has 2 N–H and O–H groups in total. The summed E-state index contributed by atoms with van der Waals surface area (Å²) < 4.78 is 5.55. The maximum atomic E-state index is 11.7. The molecule has 0 bridgehead atoms. The Kier molecular flexibility index (Phi) is 4.26. The van der Waals surface area contributed by atoms with Crippen molar-refractivity contribution in [3.05, 3.63) is 22.5 Å². The fraction of sp³-hybridized carbons (Fsp3) is 0.364. The van der Waals surface area contributed by atoms with Crippen molar-refractivity contribution < 1.29 is 14.4 Å². The lowest BCUT2D eigenvalue weighted by molar-refractivity contribution is 0.0516. The molecule has 0 aromatic carbocycles. The molecule has 2 rings (SSSR count). The van der Waals surface area contributed by atoms with E-state index in [9.17, 15) is 4.79 Å². The van der Waals surface area contributed by atoms with Crippen LogP contribution in [-0.4, -0.2) is 22.2 Å². The zero-order valence-electron chi connectivity index (χ0n) is 10.0. The van der Waals surface area contributed by atoms with Gasteiger partial charge in [0.25, 0.3) is 0 Å². The number of nitrogens with zero attached hydrogens (tertiary/aromatic N) is 2. The molecule has 8 heteroatoms. The average Bonchev–Trinajstić information content (AvgIpc) is 2.79. The number of oxime groups is 1. The Bertz CT molecular complexity index is 550. The summed E-state index contributed by atoms with van der Waals surface area (Å²) in [7, 11) is 0. The summed E-state index contributed by atoms with van der Waals surface area (Å²) in [6.45, 7) is 1.93. The molecule has 1 atom stereocenters. The lowest BCUT2D eigenvalue weighted by Crippen LogP contribution is -2.12. The number of anilines is 1. The fourth-order valence-electron chi connectivity index (χ4n) is 1.58. The van der Waals surface area contributed by atoms with Crippen molar-refractivity contribution in [1.29, 1.82) is 0 Å². The summed E-state index contributed by atoms with van der Waals surface area (Å²) in [5, 5.41) is 3.84. The van der Waals surface area contributed by atoms with Crippen molar-refractivity contribution in [1.82, 2.24) is 4.98 Å². The summed E-state index contributed by atoms with van der Waals surface area (Å²) in [6, 6.07) is 1.57. The zero-order valence-corrected chi connectivity index (χ0v) is 12.4. The van der Waals surface area contributed by atoms with E-state index in [1.807, 2.05) is 0 Å². The lowest BCUT2D eigenvalue weighted by atomic mass is 10.1. The summed E-state index contributed by atoms with van der Waals surface area (Å²) in [5.41, 5.74) is 6.50. The number of carbonyl (C=O) groups is 1. The molecular formula is C11H11BrClN3O3. The Labute approximate surface area is 123 Å². The molecule has 1 aliphatic heterocycles. The van der Waals surface area contributed by atoms with Gasteiger partial charge in [-0.15, -0.1) is 0 Å². The van der Waals surface area contributed by atoms with Gasteiger partial charge in [0, 0.05) is 6.42 Å². The Hall–Kier alpha value is -1.34. The van der Waals surface area contributed by atoms with Crippen LogP contribution in [0.15, 0.2) is 11.2 Å². The van der Waals surface area contributed by atoms with Gasteiger partial charge in [0.2, 0.25) is 0 Å². The quantitative estimate of drug-likeness (QED) is 0.849. The molecule has 102 valence electrons. The highest BCUT2D eigenvalue weighted by atomic mass is 79.9. The highest BCUT2D eigenvalue weighted by molar-refractivity contribution is 9.18. The minimum absolute atomic E-state index is 0.00913. The smallest absolute Gasteiger partial charge is 0.358 e. The number of ether oxygens (including phenoxy) is 1. The van der Waals surface area contributed by atoms with Crippen LogP contribution in [0.1, 0.15) is 35.6 Å². The predicted octanol–water partition coefficient (Wildman–Crippen LogP) is 2.66. The van der Waals surface area contributed by atoms with Crippen molar-refractivity contribution in [2.24, 2.45) is 5.16 Å². The molecule has 0 amide bonds. The van der Waals surface area contributed by atoms with Crippen molar-refractivity contribution in [2.45, 2.75) is 19.4 Å². The molecule has 1 aromatic rings. The Balaban J connectivity index is 2.34. The number of hydrogen-bond donors (Lipinski definition) is 1. The number of nitrogens with two attached hydrogens (primary N) is 1. The summed E-state index contributed by atoms with van der Waals surface area (Å²) in [4.78, 5) is 21.1. The monoisotopic (exact) mass is 347 g/mol. The summed E-state index contributed by atoms with van der Waals surface area (Å²) in [6.07, 6.45) is 0.137. The number of pyridine rings is 1. The van der Waals surface area contributed by atoms with Crippen molar-refractivity contribution in [3.8, 4) is 0 Å². The molecule has 0 fully saturated rings. The molecule has 1 aromatic heterocycles. The number of hydrogen-bond acceptors (Lipinski definition) is 6. The largest absolute Gasteiger partial charge is 0.461 e. The molecular weight excluding hydrogens is 337 g/mol. The van der Waals surface area contributed by atoms with Crippen molar-refractivity contribution >= 4 is 43.8 Å². The van der Waals surface area contributed by atoms with E-state index in [4.69, 9.17) is 26.9 Å². The third-order valence-corrected chi connectivity index (χ3v) is 3.30. The van der Waals surface area contributed by atoms with Gasteiger partial charge in [0.05, 0.1) is 23.0 Å². The maximum absolute atomic E-state index is 11.7. The molecule has 1 unspecified atom stereocenters. The molecule has 2 heterocycles. The minimum Gasteiger partial charge on any atom is -0.461 e. The Morgan fingerprint density at radius 3 is 3.05 bits per heavy atom. The van der Waals surface area contributed by atoms with E-state index >= 15 is 0 Å². The van der Waals surface area contributed by atoms with Crippen LogP contribution in [0, 0.1) is 0 Å². The topological polar surface area (TPSA) is 86.8 Å². The fourth-order valence-corrected chi connectivity index (χ4v) is 2.13. The van der Waals surface area contributed by atoms with Gasteiger partial charge < -0.3 is 15.3 Å². The molecule has 0 aliphatic carbocycles. The van der Waals surface area contributed by atoms with Crippen LogP contribution in [0.4, 0.5) is 5.69 Å². The van der Waals surface area contributed by atoms with E-state index in [1.54, 1.807) is 13.0 Å². The van der Waals surface area contributed by atoms with Gasteiger partial charge in [-0.25, -0.2) is 9.78 Å². The number of rotatable bonds is 3. The predicted molar refractivity (Wildman–Crippen MR) is 74.4 cm³/mol. The molecule has 0 saturated heterocycles. The standard InChI is InChI=1S/C11H11BrClN3O3/c1-2-18-11(17)10-9(13)5(14)3-6(15-10)7-4-8(12)16-19-7/h3,7H,2,4H2,1H3,(H2,14,15). The zero-order chi connectivity index (χ0) is 14.0. The first-order valence-electron chi connectivity index (χ1n) is 5.54. The number of esters is 1. The first-order valence-corrected chi connectivity index (χ1v) is 6.71. The van der Waals surface area contributed by atoms with Gasteiger partial charge in [0.15, 0.2) is 11.8 Å². The van der Waals surface area contributed by atoms with Gasteiger partial charge in [-0.2, -0.15) is 0 Å². The maximum Gasteiger partial charge on any atom is 0.358 e. The Morgan fingerprint density at radius 2 is 2.47 bits per heavy atom. The number of aromatic nitrogens is 1. The van der Waals surface area contributed by atoms with Crippen molar-refractivity contribution in [3.63, 3.8) is 0 Å². The normalized spacial score (nSPS) is 17.8. The third kappa shape index (κ3) is 2.98. The molecule has 0 radical (unpaired) electrons. The molecule has 1 aliphatic rings. The molecule has 6 nitrogen and oxygen atoms in total. The van der Waals surface area contributed by atoms with Crippen LogP contribution in [0.3, 0.4) is 0 Å². The van der Waals surface area contributed by atoms with Gasteiger partial charge in [-0.1, -0.05) is 16.8 Å². The van der Waals surface area contributed by atoms with E-state index < -0.39 is 5.97 Å². The average molecular weight is 349 g/mol. The van der Waals surface area contributed by atoms with Crippen LogP contribution < -0.4 is 5.73 Å². The second-order valence-electron chi connectivity index (χ2n) is 3.79. The lowest BCUT2D eigenvalue weighted by Gasteiger charge is -2.12. The molecule has 0 saturated carbocycles. The third-order valence-electron chi connectivity index (χ3n) is 2.44. The van der Waals surface area contributed by atoms with Gasteiger partial charge in [-0.05, 0) is 28.9 Å². The highest BCUT2D eigenvalue weighted by Gasteiger charge is 2.26. The molecule has 0 spiro atoms. The molecule has 19 heavy (non-hydrogen) atoms. The first kappa shape index (κ1) is 14.1. The number of nitrogen functional groups attached to an aromatic ring is 1. The first-order chi connectivity index (χ1) is 9.02. The minimum atomic E-state index is -0.612. The van der Waals surface area contributed by atoms with Gasteiger partial charge in [-0.3, -0.25) is 0 Å². The SMILES string of the molecule is CCOC(=O)c1nc(C2CC(Br)=NO2)cc(N)c1Cl. The Morgan fingerprint density at radius 1 is 1.74 bits per heavy atom. The van der Waals surface area contributed by atoms with Gasteiger partial charge >= 0.3 is 5.97 Å². The van der Waals surface area contributed by atoms with E-state index in [0.717, 1.165) is 0 Å². The van der Waals surface area contributed by atoms with E-state index in [2.05, 4.69) is 26.1 Å². The summed E-state index contributed by atoms with van der Waals surface area (Å²) in [5.74, 6) is -0.612. The second kappa shape index (κ2) is 5.75. The van der Waals surface area contributed by atoms with E-state index in [0.29, 0.717) is 16.7 Å². The van der Waals surface area contributed by atoms with Crippen LogP contribution in [0.5, 0.6) is 0 Å². The van der Waals surface area contributed by atoms with Crippen LogP contribution in [-0.2, 0) is 9.57 Å². The number of halogens is 2. The summed E-state index contributed by atoms with van der Waals surface area (Å²) >= 11 is 9.19. The second-order valence-corrected chi connectivity index (χ2v) is 5.08. The van der Waals surface area contributed by atoms with Crippen LogP contribution in [0.2, 0.25) is 5.02 Å². The van der Waals surface area contributed by atoms with Crippen LogP contribution >= 0.6 is 27.5 Å². The number of carbonyl (C=O) groups excluding carboxylic acids is 1.